The van der Waals surface area contributed by atoms with Crippen LogP contribution in [0.25, 0.3) is 0 Å². The van der Waals surface area contributed by atoms with E-state index >= 15 is 0 Å². The fraction of sp³-hybridized carbons (Fsp3) is 0.545. The number of hydrogen-bond donors (Lipinski definition) is 0. The molecular weight excluding hydrogens is 588 g/mol. The molecule has 0 aliphatic carbocycles. The minimum atomic E-state index is -1.31. The van der Waals surface area contributed by atoms with Crippen molar-refractivity contribution in [2.45, 2.75) is 109 Å². The van der Waals surface area contributed by atoms with Gasteiger partial charge in [0.15, 0.2) is 30.9 Å². The maximum absolute atomic E-state index is 12.3. The number of carbonyl (C=O) groups is 3. The number of hydrogen-bond acceptors (Lipinski definition) is 12. The van der Waals surface area contributed by atoms with Gasteiger partial charge in [-0.05, 0) is 25.0 Å². The van der Waals surface area contributed by atoms with E-state index in [4.69, 9.17) is 42.6 Å². The van der Waals surface area contributed by atoms with E-state index in [1.54, 1.807) is 6.92 Å². The average Bonchev–Trinajstić information content (AvgIpc) is 3.00. The molecule has 12 nitrogen and oxygen atoms in total. The molecular formula is C33H42O12. The summed E-state index contributed by atoms with van der Waals surface area (Å²) in [6.07, 6.45) is -9.59. The van der Waals surface area contributed by atoms with Crippen LogP contribution in [-0.4, -0.2) is 86.4 Å². The van der Waals surface area contributed by atoms with Crippen LogP contribution in [0.4, 0.5) is 0 Å². The zero-order valence-electron chi connectivity index (χ0n) is 26.4. The van der Waals surface area contributed by atoms with Gasteiger partial charge in [-0.2, -0.15) is 0 Å². The van der Waals surface area contributed by atoms with Gasteiger partial charge < -0.3 is 42.6 Å². The molecule has 0 aromatic heterocycles. The maximum atomic E-state index is 12.3. The molecule has 0 amide bonds. The van der Waals surface area contributed by atoms with Crippen LogP contribution in [0.2, 0.25) is 0 Å². The molecule has 0 radical (unpaired) electrons. The first-order valence-electron chi connectivity index (χ1n) is 14.9. The molecule has 0 N–H and O–H groups in total. The minimum Gasteiger partial charge on any atom is -0.456 e. The summed E-state index contributed by atoms with van der Waals surface area (Å²) in [5.41, 5.74) is 1.84. The quantitative estimate of drug-likeness (QED) is 0.251. The van der Waals surface area contributed by atoms with E-state index in [0.29, 0.717) is 0 Å². The third-order valence-corrected chi connectivity index (χ3v) is 7.45. The summed E-state index contributed by atoms with van der Waals surface area (Å²) in [6, 6.07) is 19.2. The largest absolute Gasteiger partial charge is 0.456 e. The Morgan fingerprint density at radius 3 is 1.53 bits per heavy atom. The molecule has 2 aromatic carbocycles. The monoisotopic (exact) mass is 630 g/mol. The second kappa shape index (κ2) is 16.3. The highest BCUT2D eigenvalue weighted by Crippen LogP contribution is 2.35. The van der Waals surface area contributed by atoms with Gasteiger partial charge >= 0.3 is 17.9 Å². The third-order valence-electron chi connectivity index (χ3n) is 7.45. The summed E-state index contributed by atoms with van der Waals surface area (Å²) in [5, 5.41) is 0. The Kier molecular flexibility index (Phi) is 12.5. The lowest BCUT2D eigenvalue weighted by Crippen LogP contribution is -2.65. The van der Waals surface area contributed by atoms with E-state index in [0.717, 1.165) is 11.1 Å². The van der Waals surface area contributed by atoms with Crippen LogP contribution in [0.3, 0.4) is 0 Å². The zero-order valence-corrected chi connectivity index (χ0v) is 26.4. The van der Waals surface area contributed by atoms with E-state index < -0.39 is 79.3 Å². The number of benzene rings is 2. The highest BCUT2D eigenvalue weighted by molar-refractivity contribution is 5.68. The van der Waals surface area contributed by atoms with Crippen LogP contribution >= 0.6 is 0 Å². The Bertz CT molecular complexity index is 1240. The topological polar surface area (TPSA) is 134 Å². The second-order valence-corrected chi connectivity index (χ2v) is 11.0. The molecule has 2 saturated heterocycles. The van der Waals surface area contributed by atoms with Crippen LogP contribution in [0.15, 0.2) is 60.7 Å². The van der Waals surface area contributed by atoms with Crippen molar-refractivity contribution in [3.05, 3.63) is 71.8 Å². The minimum absolute atomic E-state index is 0.203. The molecule has 246 valence electrons. The van der Waals surface area contributed by atoms with Gasteiger partial charge in [-0.3, -0.25) is 14.4 Å². The predicted molar refractivity (Wildman–Crippen MR) is 157 cm³/mol. The van der Waals surface area contributed by atoms with E-state index in [9.17, 15) is 14.4 Å². The van der Waals surface area contributed by atoms with Crippen LogP contribution in [0, 0.1) is 0 Å². The first-order valence-corrected chi connectivity index (χ1v) is 14.9. The normalized spacial score (nSPS) is 31.5. The predicted octanol–water partition coefficient (Wildman–Crippen LogP) is 3.47. The Morgan fingerprint density at radius 1 is 0.578 bits per heavy atom. The highest BCUT2D eigenvalue weighted by atomic mass is 16.8. The lowest BCUT2D eigenvalue weighted by Gasteiger charge is -2.48. The summed E-state index contributed by atoms with van der Waals surface area (Å²) < 4.78 is 54.2. The van der Waals surface area contributed by atoms with Gasteiger partial charge in [0.05, 0.1) is 25.4 Å². The smallest absolute Gasteiger partial charge is 0.303 e. The zero-order chi connectivity index (χ0) is 32.5. The molecule has 0 saturated carbocycles. The second-order valence-electron chi connectivity index (χ2n) is 11.0. The molecule has 45 heavy (non-hydrogen) atoms. The Hall–Kier alpha value is -3.39. The van der Waals surface area contributed by atoms with Gasteiger partial charge in [-0.15, -0.1) is 0 Å². The molecule has 4 rings (SSSR count). The molecule has 2 aromatic rings. The summed E-state index contributed by atoms with van der Waals surface area (Å²) >= 11 is 0. The van der Waals surface area contributed by atoms with Crippen LogP contribution in [-0.2, 0) is 70.2 Å². The van der Waals surface area contributed by atoms with Crippen molar-refractivity contribution in [2.75, 3.05) is 7.11 Å². The summed E-state index contributed by atoms with van der Waals surface area (Å²) in [6.45, 7) is 7.54. The van der Waals surface area contributed by atoms with Crippen molar-refractivity contribution >= 4 is 17.9 Å². The van der Waals surface area contributed by atoms with Crippen molar-refractivity contribution in [3.63, 3.8) is 0 Å². The number of rotatable bonds is 12. The van der Waals surface area contributed by atoms with E-state index in [1.165, 1.54) is 27.9 Å². The average molecular weight is 631 g/mol. The van der Waals surface area contributed by atoms with Crippen molar-refractivity contribution in [1.82, 2.24) is 0 Å². The van der Waals surface area contributed by atoms with Crippen molar-refractivity contribution in [2.24, 2.45) is 0 Å². The number of ether oxygens (including phenoxy) is 9. The summed E-state index contributed by atoms with van der Waals surface area (Å²) in [7, 11) is 1.50. The standard InChI is InChI=1S/C33H42O12/c1-19-26(38-17-24-13-9-7-10-14-24)28(30(32(37-6)40-19)39-18-25-15-11-8-12-16-25)45-33-31(44-23(5)36)29(43-22(4)35)27(20(2)41-33)42-21(3)34/h7-16,19-20,26-33H,17-18H2,1-6H3/t19-,20+,26-,27+,28+,29-,30-,31-,32-,33+/m1/s1. The van der Waals surface area contributed by atoms with Crippen LogP contribution < -0.4 is 0 Å². The SMILES string of the molecule is CO[C@@H]1O[C@H](C)[C@@H](OCc2ccccc2)[C@H](O[C@@H]2O[C@@H](C)[C@H](OC(C)=O)[C@@H](OC(C)=O)[C@H]2OC(C)=O)[C@H]1OCc1ccccc1. The Labute approximate surface area is 263 Å². The number of esters is 3. The van der Waals surface area contributed by atoms with Gasteiger partial charge in [0.1, 0.15) is 18.3 Å². The number of carbonyl (C=O) groups excluding carboxylic acids is 3. The van der Waals surface area contributed by atoms with E-state index in [-0.39, 0.29) is 13.2 Å². The van der Waals surface area contributed by atoms with Crippen molar-refractivity contribution < 1.29 is 57.0 Å². The summed E-state index contributed by atoms with van der Waals surface area (Å²) in [4.78, 5) is 36.5. The molecule has 2 fully saturated rings. The molecule has 12 heteroatoms. The first-order chi connectivity index (χ1) is 21.6. The highest BCUT2D eigenvalue weighted by Gasteiger charge is 2.55. The Balaban J connectivity index is 1.70. The van der Waals surface area contributed by atoms with Crippen LogP contribution in [0.1, 0.15) is 45.7 Å². The summed E-state index contributed by atoms with van der Waals surface area (Å²) in [5.74, 6) is -1.98. The van der Waals surface area contributed by atoms with Gasteiger partial charge in [-0.25, -0.2) is 0 Å². The fourth-order valence-electron chi connectivity index (χ4n) is 5.49. The lowest BCUT2D eigenvalue weighted by molar-refractivity contribution is -0.362. The molecule has 2 heterocycles. The van der Waals surface area contributed by atoms with Crippen molar-refractivity contribution in [1.29, 1.82) is 0 Å². The first kappa shape index (κ1) is 34.5. The number of methoxy groups -OCH3 is 1. The van der Waals surface area contributed by atoms with Gasteiger partial charge in [-0.1, -0.05) is 60.7 Å². The molecule has 0 unspecified atom stereocenters. The van der Waals surface area contributed by atoms with Crippen LogP contribution in [0.5, 0.6) is 0 Å². The fourth-order valence-corrected chi connectivity index (χ4v) is 5.49. The molecule has 2 aliphatic rings. The Morgan fingerprint density at radius 2 is 1.02 bits per heavy atom. The molecule has 0 bridgehead atoms. The molecule has 2 aliphatic heterocycles. The van der Waals surface area contributed by atoms with Gasteiger partial charge in [0.25, 0.3) is 0 Å². The van der Waals surface area contributed by atoms with Crippen molar-refractivity contribution in [3.8, 4) is 0 Å². The van der Waals surface area contributed by atoms with E-state index in [2.05, 4.69) is 0 Å². The third kappa shape index (κ3) is 9.32. The van der Waals surface area contributed by atoms with E-state index in [1.807, 2.05) is 67.6 Å². The molecule has 10 atom stereocenters. The maximum Gasteiger partial charge on any atom is 0.303 e. The molecule has 0 spiro atoms. The van der Waals surface area contributed by atoms with Gasteiger partial charge in [0.2, 0.25) is 0 Å². The van der Waals surface area contributed by atoms with Gasteiger partial charge in [0, 0.05) is 27.9 Å². The lowest BCUT2D eigenvalue weighted by atomic mass is 9.96.